The van der Waals surface area contributed by atoms with E-state index in [2.05, 4.69) is 29.3 Å². The van der Waals surface area contributed by atoms with Gasteiger partial charge < -0.3 is 5.32 Å². The minimum absolute atomic E-state index is 0.800. The van der Waals surface area contributed by atoms with Crippen molar-refractivity contribution in [2.45, 2.75) is 45.2 Å². The molecule has 0 amide bonds. The number of halogens is 1. The van der Waals surface area contributed by atoms with Crippen LogP contribution in [-0.2, 0) is 6.54 Å². The van der Waals surface area contributed by atoms with E-state index in [-0.39, 0.29) is 0 Å². The molecule has 20 heavy (non-hydrogen) atoms. The zero-order valence-corrected chi connectivity index (χ0v) is 13.1. The second-order valence-electron chi connectivity index (χ2n) is 6.39. The zero-order chi connectivity index (χ0) is 13.9. The molecule has 0 aliphatic carbocycles. The van der Waals surface area contributed by atoms with Gasteiger partial charge in [-0.3, -0.25) is 4.90 Å². The van der Waals surface area contributed by atoms with Crippen LogP contribution in [0, 0.1) is 12.8 Å². The summed E-state index contributed by atoms with van der Waals surface area (Å²) in [5, 5.41) is 4.52. The van der Waals surface area contributed by atoms with Crippen LogP contribution in [0.15, 0.2) is 18.2 Å². The number of nitrogens with zero attached hydrogens (tertiary/aromatic N) is 1. The molecule has 2 heterocycles. The number of aryl methyl sites for hydroxylation is 1. The van der Waals surface area contributed by atoms with Crippen molar-refractivity contribution in [1.29, 1.82) is 0 Å². The molecule has 3 rings (SSSR count). The highest BCUT2D eigenvalue weighted by atomic mass is 35.5. The van der Waals surface area contributed by atoms with E-state index in [9.17, 15) is 0 Å². The second-order valence-corrected chi connectivity index (χ2v) is 6.82. The Morgan fingerprint density at radius 1 is 1.25 bits per heavy atom. The van der Waals surface area contributed by atoms with Gasteiger partial charge in [-0.25, -0.2) is 0 Å². The summed E-state index contributed by atoms with van der Waals surface area (Å²) in [5.74, 6) is 0.903. The summed E-state index contributed by atoms with van der Waals surface area (Å²) in [4.78, 5) is 2.60. The van der Waals surface area contributed by atoms with E-state index in [4.69, 9.17) is 11.6 Å². The van der Waals surface area contributed by atoms with Crippen LogP contribution in [0.25, 0.3) is 0 Å². The first-order valence-corrected chi connectivity index (χ1v) is 8.31. The Morgan fingerprint density at radius 3 is 2.70 bits per heavy atom. The summed E-state index contributed by atoms with van der Waals surface area (Å²) in [5.41, 5.74) is 2.74. The van der Waals surface area contributed by atoms with Gasteiger partial charge in [-0.15, -0.1) is 0 Å². The van der Waals surface area contributed by atoms with E-state index in [1.807, 2.05) is 6.07 Å². The summed E-state index contributed by atoms with van der Waals surface area (Å²) < 4.78 is 0. The van der Waals surface area contributed by atoms with Gasteiger partial charge in [0, 0.05) is 17.6 Å². The Labute approximate surface area is 127 Å². The summed E-state index contributed by atoms with van der Waals surface area (Å²) in [6.07, 6.45) is 5.46. The molecule has 1 aromatic rings. The number of hydrogen-bond donors (Lipinski definition) is 1. The maximum Gasteiger partial charge on any atom is 0.0408 e. The van der Waals surface area contributed by atoms with Crippen molar-refractivity contribution in [3.05, 3.63) is 34.3 Å². The Bertz CT molecular complexity index is 446. The molecule has 0 spiro atoms. The van der Waals surface area contributed by atoms with E-state index >= 15 is 0 Å². The highest BCUT2D eigenvalue weighted by molar-refractivity contribution is 6.30. The lowest BCUT2D eigenvalue weighted by molar-refractivity contribution is 0.157. The molecule has 0 radical (unpaired) electrons. The lowest BCUT2D eigenvalue weighted by Crippen LogP contribution is -2.40. The molecule has 2 aliphatic heterocycles. The lowest BCUT2D eigenvalue weighted by atomic mass is 9.88. The van der Waals surface area contributed by atoms with E-state index in [1.165, 1.54) is 56.4 Å². The molecule has 1 N–H and O–H groups in total. The van der Waals surface area contributed by atoms with Gasteiger partial charge in [0.2, 0.25) is 0 Å². The maximum absolute atomic E-state index is 6.03. The average molecular weight is 293 g/mol. The summed E-state index contributed by atoms with van der Waals surface area (Å²) in [7, 11) is 0. The predicted molar refractivity (Wildman–Crippen MR) is 85.2 cm³/mol. The quantitative estimate of drug-likeness (QED) is 0.915. The number of benzene rings is 1. The largest absolute Gasteiger partial charge is 0.314 e. The van der Waals surface area contributed by atoms with Gasteiger partial charge in [0.25, 0.3) is 0 Å². The highest BCUT2D eigenvalue weighted by Crippen LogP contribution is 2.27. The number of piperidine rings is 1. The number of hydrogen-bond acceptors (Lipinski definition) is 2. The first-order valence-electron chi connectivity index (χ1n) is 7.93. The number of likely N-dealkylation sites (tertiary alicyclic amines) is 1. The minimum Gasteiger partial charge on any atom is -0.314 e. The Balaban J connectivity index is 1.53. The summed E-state index contributed by atoms with van der Waals surface area (Å²) in [6.45, 7) is 6.95. The van der Waals surface area contributed by atoms with Gasteiger partial charge in [0.05, 0.1) is 0 Å². The second kappa shape index (κ2) is 6.46. The fourth-order valence-corrected chi connectivity index (χ4v) is 3.93. The fourth-order valence-electron chi connectivity index (χ4n) is 3.70. The molecule has 2 saturated heterocycles. The van der Waals surface area contributed by atoms with Crippen molar-refractivity contribution in [3.63, 3.8) is 0 Å². The van der Waals surface area contributed by atoms with Gasteiger partial charge in [-0.05, 0) is 81.4 Å². The van der Waals surface area contributed by atoms with E-state index < -0.39 is 0 Å². The summed E-state index contributed by atoms with van der Waals surface area (Å²) in [6, 6.07) is 7.07. The van der Waals surface area contributed by atoms with Crippen LogP contribution in [-0.4, -0.2) is 30.6 Å². The van der Waals surface area contributed by atoms with Gasteiger partial charge in [0.1, 0.15) is 0 Å². The van der Waals surface area contributed by atoms with Crippen molar-refractivity contribution >= 4 is 11.6 Å². The van der Waals surface area contributed by atoms with Crippen LogP contribution in [0.1, 0.15) is 36.8 Å². The molecule has 1 unspecified atom stereocenters. The molecule has 2 aliphatic rings. The monoisotopic (exact) mass is 292 g/mol. The van der Waals surface area contributed by atoms with Crippen molar-refractivity contribution in [3.8, 4) is 0 Å². The maximum atomic E-state index is 6.03. The van der Waals surface area contributed by atoms with Gasteiger partial charge >= 0.3 is 0 Å². The standard InChI is InChI=1S/C17H25ClN2/c1-13-11-16(18)5-4-15(13)12-20-9-6-14(7-10-20)17-3-2-8-19-17/h4-5,11,14,17,19H,2-3,6-10,12H2,1H3. The topological polar surface area (TPSA) is 15.3 Å². The van der Waals surface area contributed by atoms with Gasteiger partial charge in [-0.1, -0.05) is 17.7 Å². The predicted octanol–water partition coefficient (Wildman–Crippen LogP) is 3.61. The molecule has 2 nitrogen and oxygen atoms in total. The normalized spacial score (nSPS) is 25.2. The van der Waals surface area contributed by atoms with E-state index in [1.54, 1.807) is 0 Å². The van der Waals surface area contributed by atoms with E-state index in [0.29, 0.717) is 0 Å². The molecule has 0 aromatic heterocycles. The van der Waals surface area contributed by atoms with E-state index in [0.717, 1.165) is 23.5 Å². The Morgan fingerprint density at radius 2 is 2.05 bits per heavy atom. The van der Waals surface area contributed by atoms with Crippen molar-refractivity contribution < 1.29 is 0 Å². The smallest absolute Gasteiger partial charge is 0.0408 e. The molecule has 110 valence electrons. The summed E-state index contributed by atoms with van der Waals surface area (Å²) >= 11 is 6.03. The fraction of sp³-hybridized carbons (Fsp3) is 0.647. The first-order chi connectivity index (χ1) is 9.72. The third-order valence-electron chi connectivity index (χ3n) is 5.00. The first kappa shape index (κ1) is 14.4. The van der Waals surface area contributed by atoms with Crippen molar-refractivity contribution in [1.82, 2.24) is 10.2 Å². The number of nitrogens with one attached hydrogen (secondary N) is 1. The SMILES string of the molecule is Cc1cc(Cl)ccc1CN1CCC(C2CCCN2)CC1. The molecule has 0 saturated carbocycles. The molecular weight excluding hydrogens is 268 g/mol. The minimum atomic E-state index is 0.800. The average Bonchev–Trinajstić information content (AvgIpc) is 2.97. The molecule has 2 fully saturated rings. The Hall–Kier alpha value is -0.570. The highest BCUT2D eigenvalue weighted by Gasteiger charge is 2.28. The number of rotatable bonds is 3. The molecule has 1 aromatic carbocycles. The molecule has 3 heteroatoms. The third kappa shape index (κ3) is 3.36. The van der Waals surface area contributed by atoms with Gasteiger partial charge in [-0.2, -0.15) is 0 Å². The lowest BCUT2D eigenvalue weighted by Gasteiger charge is -2.35. The van der Waals surface area contributed by atoms with Crippen LogP contribution in [0.3, 0.4) is 0 Å². The zero-order valence-electron chi connectivity index (χ0n) is 12.4. The van der Waals surface area contributed by atoms with Crippen LogP contribution >= 0.6 is 11.6 Å². The molecule has 0 bridgehead atoms. The van der Waals surface area contributed by atoms with Crippen LogP contribution in [0.2, 0.25) is 5.02 Å². The van der Waals surface area contributed by atoms with Crippen LogP contribution < -0.4 is 5.32 Å². The van der Waals surface area contributed by atoms with Crippen molar-refractivity contribution in [2.75, 3.05) is 19.6 Å². The van der Waals surface area contributed by atoms with Crippen molar-refractivity contribution in [2.24, 2.45) is 5.92 Å². The van der Waals surface area contributed by atoms with Crippen LogP contribution in [0.4, 0.5) is 0 Å². The molecule has 1 atom stereocenters. The molecular formula is C17H25ClN2. The Kier molecular flexibility index (Phi) is 4.65. The third-order valence-corrected chi connectivity index (χ3v) is 5.23. The van der Waals surface area contributed by atoms with Gasteiger partial charge in [0.15, 0.2) is 0 Å². The van der Waals surface area contributed by atoms with Crippen LogP contribution in [0.5, 0.6) is 0 Å².